The van der Waals surface area contributed by atoms with Crippen LogP contribution < -0.4 is 5.32 Å². The van der Waals surface area contributed by atoms with E-state index in [4.69, 9.17) is 0 Å². The van der Waals surface area contributed by atoms with Crippen LogP contribution in [0.25, 0.3) is 5.57 Å². The maximum Gasteiger partial charge on any atom is 0.0459 e. The second-order valence-corrected chi connectivity index (χ2v) is 3.09. The third-order valence-electron chi connectivity index (χ3n) is 2.16. The largest absolute Gasteiger partial charge is 0.361 e. The first-order valence-electron chi connectivity index (χ1n) is 4.64. The van der Waals surface area contributed by atoms with Crippen LogP contribution in [0.5, 0.6) is 0 Å². The molecule has 2 rings (SSSR count). The predicted molar refractivity (Wildman–Crippen MR) is 57.5 cm³/mol. The SMILES string of the molecule is CC/C=C1/C=CNc2ccccc21. The lowest BCUT2D eigenvalue weighted by molar-refractivity contribution is 1.22. The van der Waals surface area contributed by atoms with Crippen molar-refractivity contribution in [1.29, 1.82) is 0 Å². The summed E-state index contributed by atoms with van der Waals surface area (Å²) in [5.41, 5.74) is 3.81. The number of rotatable bonds is 1. The van der Waals surface area contributed by atoms with Gasteiger partial charge in [-0.1, -0.05) is 31.2 Å². The highest BCUT2D eigenvalue weighted by Crippen LogP contribution is 2.28. The smallest absolute Gasteiger partial charge is 0.0459 e. The summed E-state index contributed by atoms with van der Waals surface area (Å²) in [6.45, 7) is 2.16. The molecule has 1 N–H and O–H groups in total. The molecule has 1 heterocycles. The van der Waals surface area contributed by atoms with E-state index in [1.54, 1.807) is 0 Å². The molecule has 1 aliphatic heterocycles. The van der Waals surface area contributed by atoms with Gasteiger partial charge in [-0.05, 0) is 24.1 Å². The molecule has 66 valence electrons. The summed E-state index contributed by atoms with van der Waals surface area (Å²) in [7, 11) is 0. The van der Waals surface area contributed by atoms with Gasteiger partial charge in [-0.15, -0.1) is 0 Å². The topological polar surface area (TPSA) is 12.0 Å². The average Bonchev–Trinajstić information content (AvgIpc) is 2.19. The number of hydrogen-bond acceptors (Lipinski definition) is 1. The van der Waals surface area contributed by atoms with Crippen LogP contribution in [0, 0.1) is 0 Å². The maximum absolute atomic E-state index is 3.23. The zero-order chi connectivity index (χ0) is 9.10. The van der Waals surface area contributed by atoms with Gasteiger partial charge in [-0.3, -0.25) is 0 Å². The summed E-state index contributed by atoms with van der Waals surface area (Å²) in [6.07, 6.45) is 7.43. The van der Waals surface area contributed by atoms with Crippen LogP contribution in [0.3, 0.4) is 0 Å². The van der Waals surface area contributed by atoms with Crippen molar-refractivity contribution in [3.05, 3.63) is 48.2 Å². The van der Waals surface area contributed by atoms with Crippen molar-refractivity contribution in [3.8, 4) is 0 Å². The van der Waals surface area contributed by atoms with Gasteiger partial charge < -0.3 is 5.32 Å². The molecule has 1 aromatic rings. The quantitative estimate of drug-likeness (QED) is 0.682. The summed E-state index contributed by atoms with van der Waals surface area (Å²) in [4.78, 5) is 0. The van der Waals surface area contributed by atoms with Gasteiger partial charge in [0.1, 0.15) is 0 Å². The Labute approximate surface area is 78.8 Å². The Morgan fingerprint density at radius 3 is 3.00 bits per heavy atom. The third kappa shape index (κ3) is 1.50. The Hall–Kier alpha value is -1.50. The molecule has 1 aromatic carbocycles. The monoisotopic (exact) mass is 171 g/mol. The van der Waals surface area contributed by atoms with Crippen LogP contribution in [0.1, 0.15) is 18.9 Å². The minimum absolute atomic E-state index is 1.08. The van der Waals surface area contributed by atoms with Crippen molar-refractivity contribution in [3.63, 3.8) is 0 Å². The molecule has 0 aliphatic carbocycles. The average molecular weight is 171 g/mol. The van der Waals surface area contributed by atoms with Crippen molar-refractivity contribution in [1.82, 2.24) is 0 Å². The summed E-state index contributed by atoms with van der Waals surface area (Å²) >= 11 is 0. The lowest BCUT2D eigenvalue weighted by atomic mass is 10.0. The number of allylic oxidation sites excluding steroid dienone is 3. The number of hydrogen-bond donors (Lipinski definition) is 1. The number of nitrogens with one attached hydrogen (secondary N) is 1. The summed E-state index contributed by atoms with van der Waals surface area (Å²) in [6, 6.07) is 8.37. The number of benzene rings is 1. The highest BCUT2D eigenvalue weighted by Gasteiger charge is 2.06. The Morgan fingerprint density at radius 2 is 2.15 bits per heavy atom. The second-order valence-electron chi connectivity index (χ2n) is 3.09. The molecule has 0 spiro atoms. The number of anilines is 1. The summed E-state index contributed by atoms with van der Waals surface area (Å²) in [5.74, 6) is 0. The Morgan fingerprint density at radius 1 is 1.31 bits per heavy atom. The third-order valence-corrected chi connectivity index (χ3v) is 2.16. The molecular formula is C12H13N. The van der Waals surface area contributed by atoms with Gasteiger partial charge in [0.25, 0.3) is 0 Å². The normalized spacial score (nSPS) is 16.8. The second kappa shape index (κ2) is 3.48. The Balaban J connectivity index is 2.48. The van der Waals surface area contributed by atoms with Gasteiger partial charge in [-0.25, -0.2) is 0 Å². The highest BCUT2D eigenvalue weighted by atomic mass is 14.8. The van der Waals surface area contributed by atoms with Crippen molar-refractivity contribution in [2.24, 2.45) is 0 Å². The van der Waals surface area contributed by atoms with Crippen LogP contribution in [0.2, 0.25) is 0 Å². The van der Waals surface area contributed by atoms with Gasteiger partial charge in [0, 0.05) is 17.5 Å². The lowest BCUT2D eigenvalue weighted by Gasteiger charge is -2.14. The summed E-state index contributed by atoms with van der Waals surface area (Å²) in [5, 5.41) is 3.23. The van der Waals surface area contributed by atoms with Gasteiger partial charge in [0.2, 0.25) is 0 Å². The van der Waals surface area contributed by atoms with E-state index < -0.39 is 0 Å². The van der Waals surface area contributed by atoms with Gasteiger partial charge in [-0.2, -0.15) is 0 Å². The molecule has 1 heteroatoms. The van der Waals surface area contributed by atoms with Crippen molar-refractivity contribution < 1.29 is 0 Å². The summed E-state index contributed by atoms with van der Waals surface area (Å²) < 4.78 is 0. The number of para-hydroxylation sites is 1. The van der Waals surface area contributed by atoms with Gasteiger partial charge in [0.15, 0.2) is 0 Å². The van der Waals surface area contributed by atoms with E-state index in [9.17, 15) is 0 Å². The predicted octanol–water partition coefficient (Wildman–Crippen LogP) is 3.42. The Kier molecular flexibility index (Phi) is 2.17. The van der Waals surface area contributed by atoms with Crippen LogP contribution in [0.15, 0.2) is 42.6 Å². The molecule has 0 bridgehead atoms. The molecule has 0 radical (unpaired) electrons. The molecule has 0 saturated heterocycles. The van der Waals surface area contributed by atoms with Crippen LogP contribution in [0.4, 0.5) is 5.69 Å². The van der Waals surface area contributed by atoms with E-state index >= 15 is 0 Å². The molecule has 13 heavy (non-hydrogen) atoms. The number of fused-ring (bicyclic) bond motifs is 1. The highest BCUT2D eigenvalue weighted by molar-refractivity contribution is 5.85. The molecule has 0 fully saturated rings. The van der Waals surface area contributed by atoms with E-state index in [1.807, 2.05) is 6.20 Å². The molecule has 1 nitrogen and oxygen atoms in total. The molecule has 0 saturated carbocycles. The molecule has 0 atom stereocenters. The molecule has 0 unspecified atom stereocenters. The van der Waals surface area contributed by atoms with E-state index in [-0.39, 0.29) is 0 Å². The molecular weight excluding hydrogens is 158 g/mol. The first kappa shape index (κ1) is 8.11. The first-order valence-corrected chi connectivity index (χ1v) is 4.64. The van der Waals surface area contributed by atoms with Crippen LogP contribution >= 0.6 is 0 Å². The van der Waals surface area contributed by atoms with Gasteiger partial charge >= 0.3 is 0 Å². The molecule has 0 aromatic heterocycles. The maximum atomic E-state index is 3.23. The van der Waals surface area contributed by atoms with Crippen LogP contribution in [-0.2, 0) is 0 Å². The molecule has 1 aliphatic rings. The van der Waals surface area contributed by atoms with Crippen molar-refractivity contribution >= 4 is 11.3 Å². The minimum Gasteiger partial charge on any atom is -0.361 e. The van der Waals surface area contributed by atoms with E-state index in [2.05, 4.69) is 48.7 Å². The minimum atomic E-state index is 1.08. The fourth-order valence-electron chi connectivity index (χ4n) is 1.57. The first-order chi connectivity index (χ1) is 6.42. The molecule has 0 amide bonds. The standard InChI is InChI=1S/C12H13N/c1-2-5-10-8-9-13-12-7-4-3-6-11(10)12/h3-9,13H,2H2,1H3/b10-5-. The fourth-order valence-corrected chi connectivity index (χ4v) is 1.57. The van der Waals surface area contributed by atoms with Crippen LogP contribution in [-0.4, -0.2) is 0 Å². The van der Waals surface area contributed by atoms with Crippen molar-refractivity contribution in [2.75, 3.05) is 5.32 Å². The van der Waals surface area contributed by atoms with Gasteiger partial charge in [0.05, 0.1) is 0 Å². The lowest BCUT2D eigenvalue weighted by Crippen LogP contribution is -1.98. The van der Waals surface area contributed by atoms with E-state index in [0.29, 0.717) is 0 Å². The Bertz CT molecular complexity index is 361. The fraction of sp³-hybridized carbons (Fsp3) is 0.167. The van der Waals surface area contributed by atoms with E-state index in [0.717, 1.165) is 6.42 Å². The zero-order valence-corrected chi connectivity index (χ0v) is 7.75. The zero-order valence-electron chi connectivity index (χ0n) is 7.75. The van der Waals surface area contributed by atoms with E-state index in [1.165, 1.54) is 16.8 Å². The van der Waals surface area contributed by atoms with Crippen molar-refractivity contribution in [2.45, 2.75) is 13.3 Å².